The molecule has 0 aromatic heterocycles. The average Bonchev–Trinajstić information content (AvgIpc) is 2.80. The molecule has 0 saturated heterocycles. The second kappa shape index (κ2) is 13.1. The van der Waals surface area contributed by atoms with Gasteiger partial charge < -0.3 is 0 Å². The Morgan fingerprint density at radius 2 is 1.31 bits per heavy atom. The maximum absolute atomic E-state index is 2.38. The van der Waals surface area contributed by atoms with E-state index in [2.05, 4.69) is 27.7 Å². The Morgan fingerprint density at radius 1 is 0.875 bits per heavy atom. The molecular formula is C16H36. The molecule has 1 aliphatic rings. The first-order valence-electron chi connectivity index (χ1n) is 7.74. The van der Waals surface area contributed by atoms with Gasteiger partial charge in [-0.15, -0.1) is 0 Å². The summed E-state index contributed by atoms with van der Waals surface area (Å²) in [6, 6.07) is 0. The van der Waals surface area contributed by atoms with Crippen molar-refractivity contribution in [3.63, 3.8) is 0 Å². The van der Waals surface area contributed by atoms with Gasteiger partial charge in [-0.25, -0.2) is 0 Å². The van der Waals surface area contributed by atoms with Crippen LogP contribution in [-0.2, 0) is 0 Å². The summed E-state index contributed by atoms with van der Waals surface area (Å²) in [6.07, 6.45) is 13.0. The Morgan fingerprint density at radius 3 is 1.62 bits per heavy atom. The molecule has 0 atom stereocenters. The van der Waals surface area contributed by atoms with Crippen LogP contribution in [0.4, 0.5) is 0 Å². The van der Waals surface area contributed by atoms with Crippen LogP contribution >= 0.6 is 0 Å². The summed E-state index contributed by atoms with van der Waals surface area (Å²) >= 11 is 0. The Bertz CT molecular complexity index is 109. The fourth-order valence-electron chi connectivity index (χ4n) is 2.46. The predicted molar refractivity (Wildman–Crippen MR) is 78.0 cm³/mol. The van der Waals surface area contributed by atoms with E-state index in [0.29, 0.717) is 0 Å². The summed E-state index contributed by atoms with van der Waals surface area (Å²) in [5.74, 6) is 0. The predicted octanol–water partition coefficient (Wildman–Crippen LogP) is 6.59. The minimum atomic E-state index is 0.788. The first-order chi connectivity index (χ1) is 7.74. The van der Waals surface area contributed by atoms with Crippen molar-refractivity contribution in [2.45, 2.75) is 99.3 Å². The maximum atomic E-state index is 2.38. The smallest absolute Gasteiger partial charge is 0.0300 e. The molecule has 0 bridgehead atoms. The molecule has 0 nitrogen and oxygen atoms in total. The van der Waals surface area contributed by atoms with Crippen molar-refractivity contribution in [3.8, 4) is 0 Å². The van der Waals surface area contributed by atoms with E-state index in [1.54, 1.807) is 0 Å². The first-order valence-corrected chi connectivity index (χ1v) is 7.74. The van der Waals surface area contributed by atoms with Crippen LogP contribution in [0.2, 0.25) is 0 Å². The molecule has 1 aliphatic carbocycles. The third kappa shape index (κ3) is 8.19. The number of hydrogen-bond donors (Lipinski definition) is 0. The molecule has 0 heteroatoms. The summed E-state index contributed by atoms with van der Waals surface area (Å²) in [4.78, 5) is 0. The largest absolute Gasteiger partial charge is 0.0683 e. The number of rotatable bonds is 4. The van der Waals surface area contributed by atoms with E-state index in [9.17, 15) is 0 Å². The zero-order chi connectivity index (χ0) is 12.9. The molecule has 1 rings (SSSR count). The van der Waals surface area contributed by atoms with Gasteiger partial charge in [-0.05, 0) is 24.7 Å². The highest BCUT2D eigenvalue weighted by atomic mass is 14.4. The summed E-state index contributed by atoms with van der Waals surface area (Å²) in [7, 11) is 0. The third-order valence-electron chi connectivity index (χ3n) is 3.47. The summed E-state index contributed by atoms with van der Waals surface area (Å²) in [5, 5.41) is 0. The van der Waals surface area contributed by atoms with E-state index in [-0.39, 0.29) is 0 Å². The maximum Gasteiger partial charge on any atom is -0.0300 e. The summed E-state index contributed by atoms with van der Waals surface area (Å²) < 4.78 is 0. The van der Waals surface area contributed by atoms with Crippen molar-refractivity contribution in [3.05, 3.63) is 0 Å². The van der Waals surface area contributed by atoms with Crippen molar-refractivity contribution < 1.29 is 0 Å². The Kier molecular flexibility index (Phi) is 15.0. The van der Waals surface area contributed by atoms with Crippen LogP contribution in [0.15, 0.2) is 0 Å². The van der Waals surface area contributed by atoms with E-state index < -0.39 is 0 Å². The highest BCUT2D eigenvalue weighted by Crippen LogP contribution is 2.44. The Balaban J connectivity index is 0. The second-order valence-electron chi connectivity index (χ2n) is 4.87. The van der Waals surface area contributed by atoms with Gasteiger partial charge in [-0.1, -0.05) is 80.1 Å². The topological polar surface area (TPSA) is 0 Å². The van der Waals surface area contributed by atoms with Crippen LogP contribution in [0.5, 0.6) is 0 Å². The highest BCUT2D eigenvalue weighted by Gasteiger charge is 2.30. The molecule has 0 spiro atoms. The van der Waals surface area contributed by atoms with Crippen LogP contribution in [0.1, 0.15) is 99.3 Å². The zero-order valence-corrected chi connectivity index (χ0v) is 12.9. The van der Waals surface area contributed by atoms with Gasteiger partial charge in [0.2, 0.25) is 0 Å². The fourth-order valence-corrected chi connectivity index (χ4v) is 2.46. The number of hydrogen-bond acceptors (Lipinski definition) is 0. The van der Waals surface area contributed by atoms with E-state index >= 15 is 0 Å². The lowest BCUT2D eigenvalue weighted by Gasteiger charge is -2.27. The van der Waals surface area contributed by atoms with Crippen molar-refractivity contribution in [2.24, 2.45) is 5.41 Å². The molecule has 0 unspecified atom stereocenters. The van der Waals surface area contributed by atoms with Crippen LogP contribution in [0, 0.1) is 5.41 Å². The first kappa shape index (κ1) is 18.4. The zero-order valence-electron chi connectivity index (χ0n) is 12.9. The quantitative estimate of drug-likeness (QED) is 0.509. The van der Waals surface area contributed by atoms with Crippen molar-refractivity contribution in [1.29, 1.82) is 0 Å². The van der Waals surface area contributed by atoms with Crippen molar-refractivity contribution >= 4 is 0 Å². The molecule has 1 saturated carbocycles. The molecule has 0 amide bonds. The van der Waals surface area contributed by atoms with Crippen molar-refractivity contribution in [1.82, 2.24) is 0 Å². The standard InChI is InChI=1S/C11H22.C3H8.C2H6/c1-3-5-8-11(4-2)9-6-7-10-11;1-3-2;1-2/h3-10H2,1-2H3;3H2,1-2H3;1-2H3. The molecule has 0 heterocycles. The van der Waals surface area contributed by atoms with Gasteiger partial charge in [0.1, 0.15) is 0 Å². The minimum Gasteiger partial charge on any atom is -0.0683 e. The van der Waals surface area contributed by atoms with Crippen molar-refractivity contribution in [2.75, 3.05) is 0 Å². The molecule has 0 aromatic rings. The van der Waals surface area contributed by atoms with Crippen LogP contribution < -0.4 is 0 Å². The van der Waals surface area contributed by atoms with Gasteiger partial charge in [-0.3, -0.25) is 0 Å². The van der Waals surface area contributed by atoms with E-state index in [1.807, 2.05) is 13.8 Å². The number of unbranched alkanes of at least 4 members (excludes halogenated alkanes) is 1. The Hall–Kier alpha value is 0. The molecule has 100 valence electrons. The summed E-state index contributed by atoms with van der Waals surface area (Å²) in [5.41, 5.74) is 0.788. The lowest BCUT2D eigenvalue weighted by Crippen LogP contribution is -2.14. The van der Waals surface area contributed by atoms with Gasteiger partial charge in [0.15, 0.2) is 0 Å². The van der Waals surface area contributed by atoms with Crippen LogP contribution in [0.25, 0.3) is 0 Å². The van der Waals surface area contributed by atoms with E-state index in [1.165, 1.54) is 57.8 Å². The lowest BCUT2D eigenvalue weighted by atomic mass is 9.79. The van der Waals surface area contributed by atoms with Gasteiger partial charge in [0.05, 0.1) is 0 Å². The molecule has 1 fully saturated rings. The fraction of sp³-hybridized carbons (Fsp3) is 1.00. The lowest BCUT2D eigenvalue weighted by molar-refractivity contribution is 0.252. The molecule has 16 heavy (non-hydrogen) atoms. The summed E-state index contributed by atoms with van der Waals surface area (Å²) in [6.45, 7) is 12.9. The highest BCUT2D eigenvalue weighted by molar-refractivity contribution is 4.82. The van der Waals surface area contributed by atoms with Crippen LogP contribution in [0.3, 0.4) is 0 Å². The monoisotopic (exact) mass is 228 g/mol. The van der Waals surface area contributed by atoms with E-state index in [0.717, 1.165) is 5.41 Å². The normalized spacial score (nSPS) is 16.9. The van der Waals surface area contributed by atoms with Gasteiger partial charge in [0, 0.05) is 0 Å². The third-order valence-corrected chi connectivity index (χ3v) is 3.47. The Labute approximate surface area is 105 Å². The SMILES string of the molecule is CC.CCC.CCCCC1(CC)CCCC1. The second-order valence-corrected chi connectivity index (χ2v) is 4.87. The molecular weight excluding hydrogens is 192 g/mol. The molecule has 0 aliphatic heterocycles. The average molecular weight is 228 g/mol. The molecule has 0 aromatic carbocycles. The van der Waals surface area contributed by atoms with E-state index in [4.69, 9.17) is 0 Å². The van der Waals surface area contributed by atoms with Gasteiger partial charge >= 0.3 is 0 Å². The van der Waals surface area contributed by atoms with Gasteiger partial charge in [-0.2, -0.15) is 0 Å². The minimum absolute atomic E-state index is 0.788. The van der Waals surface area contributed by atoms with Crippen LogP contribution in [-0.4, -0.2) is 0 Å². The molecule has 0 N–H and O–H groups in total. The molecule has 0 radical (unpaired) electrons. The van der Waals surface area contributed by atoms with Gasteiger partial charge in [0.25, 0.3) is 0 Å².